The average molecular weight is 253 g/mol. The molecule has 2 aliphatic heterocycles. The highest BCUT2D eigenvalue weighted by Crippen LogP contribution is 2.23. The first-order valence-corrected chi connectivity index (χ1v) is 7.59. The Kier molecular flexibility index (Phi) is 4.19. The lowest BCUT2D eigenvalue weighted by Crippen LogP contribution is -2.47. The SMILES string of the molecule is CN1CCN(CC2CCC(CNC3CC3)O2)CC1. The molecule has 2 heterocycles. The van der Waals surface area contributed by atoms with Crippen molar-refractivity contribution in [3.63, 3.8) is 0 Å². The second-order valence-electron chi connectivity index (χ2n) is 6.24. The van der Waals surface area contributed by atoms with Crippen molar-refractivity contribution in [3.05, 3.63) is 0 Å². The fourth-order valence-electron chi connectivity index (χ4n) is 2.97. The minimum absolute atomic E-state index is 0.475. The van der Waals surface area contributed by atoms with Crippen LogP contribution in [0.4, 0.5) is 0 Å². The van der Waals surface area contributed by atoms with Gasteiger partial charge in [0, 0.05) is 45.3 Å². The van der Waals surface area contributed by atoms with E-state index in [1.165, 1.54) is 51.9 Å². The first kappa shape index (κ1) is 12.9. The first-order valence-electron chi connectivity index (χ1n) is 7.59. The molecule has 4 heteroatoms. The zero-order valence-corrected chi connectivity index (χ0v) is 11.6. The fourth-order valence-corrected chi connectivity index (χ4v) is 2.97. The molecule has 0 bridgehead atoms. The Bertz CT molecular complexity index is 262. The van der Waals surface area contributed by atoms with Crippen molar-refractivity contribution in [2.75, 3.05) is 46.3 Å². The molecule has 2 atom stereocenters. The van der Waals surface area contributed by atoms with E-state index in [1.54, 1.807) is 0 Å². The third kappa shape index (κ3) is 3.67. The van der Waals surface area contributed by atoms with Crippen molar-refractivity contribution in [2.45, 2.75) is 43.9 Å². The maximum Gasteiger partial charge on any atom is 0.0707 e. The summed E-state index contributed by atoms with van der Waals surface area (Å²) < 4.78 is 6.15. The van der Waals surface area contributed by atoms with Crippen molar-refractivity contribution >= 4 is 0 Å². The lowest BCUT2D eigenvalue weighted by Gasteiger charge is -2.33. The summed E-state index contributed by atoms with van der Waals surface area (Å²) in [5.74, 6) is 0. The van der Waals surface area contributed by atoms with Gasteiger partial charge in [-0.15, -0.1) is 0 Å². The summed E-state index contributed by atoms with van der Waals surface area (Å²) in [7, 11) is 2.21. The largest absolute Gasteiger partial charge is 0.372 e. The van der Waals surface area contributed by atoms with Crippen LogP contribution in [-0.4, -0.2) is 74.4 Å². The van der Waals surface area contributed by atoms with Gasteiger partial charge in [-0.05, 0) is 32.7 Å². The number of hydrogen-bond acceptors (Lipinski definition) is 4. The number of piperazine rings is 1. The minimum atomic E-state index is 0.475. The van der Waals surface area contributed by atoms with Crippen LogP contribution in [0, 0.1) is 0 Å². The molecule has 0 aromatic heterocycles. The monoisotopic (exact) mass is 253 g/mol. The second kappa shape index (κ2) is 5.87. The normalized spacial score (nSPS) is 35.2. The van der Waals surface area contributed by atoms with E-state index in [1.807, 2.05) is 0 Å². The Balaban J connectivity index is 1.33. The van der Waals surface area contributed by atoms with Crippen molar-refractivity contribution < 1.29 is 4.74 Å². The van der Waals surface area contributed by atoms with Gasteiger partial charge in [-0.1, -0.05) is 0 Å². The molecule has 18 heavy (non-hydrogen) atoms. The van der Waals surface area contributed by atoms with Gasteiger partial charge in [-0.3, -0.25) is 4.90 Å². The molecule has 3 fully saturated rings. The van der Waals surface area contributed by atoms with Gasteiger partial charge in [0.25, 0.3) is 0 Å². The summed E-state index contributed by atoms with van der Waals surface area (Å²) in [5, 5.41) is 3.58. The highest BCUT2D eigenvalue weighted by atomic mass is 16.5. The van der Waals surface area contributed by atoms with Crippen molar-refractivity contribution in [1.29, 1.82) is 0 Å². The van der Waals surface area contributed by atoms with Crippen LogP contribution in [-0.2, 0) is 4.74 Å². The maximum absolute atomic E-state index is 6.15. The lowest BCUT2D eigenvalue weighted by atomic mass is 10.2. The van der Waals surface area contributed by atoms with Crippen LogP contribution in [0.25, 0.3) is 0 Å². The molecule has 0 aromatic rings. The number of nitrogens with one attached hydrogen (secondary N) is 1. The summed E-state index contributed by atoms with van der Waals surface area (Å²) in [6, 6.07) is 0.810. The molecule has 3 rings (SSSR count). The van der Waals surface area contributed by atoms with Crippen LogP contribution < -0.4 is 5.32 Å². The predicted molar refractivity (Wildman–Crippen MR) is 72.9 cm³/mol. The molecule has 2 saturated heterocycles. The van der Waals surface area contributed by atoms with Crippen LogP contribution in [0.3, 0.4) is 0 Å². The minimum Gasteiger partial charge on any atom is -0.372 e. The first-order chi connectivity index (χ1) is 8.79. The number of hydrogen-bond donors (Lipinski definition) is 1. The average Bonchev–Trinajstić information content (AvgIpc) is 3.10. The second-order valence-corrected chi connectivity index (χ2v) is 6.24. The summed E-state index contributed by atoms with van der Waals surface area (Å²) >= 11 is 0. The quantitative estimate of drug-likeness (QED) is 0.774. The van der Waals surface area contributed by atoms with Gasteiger partial charge < -0.3 is 15.0 Å². The van der Waals surface area contributed by atoms with E-state index in [0.29, 0.717) is 12.2 Å². The number of nitrogens with zero attached hydrogens (tertiary/aromatic N) is 2. The zero-order chi connectivity index (χ0) is 12.4. The van der Waals surface area contributed by atoms with E-state index in [4.69, 9.17) is 4.74 Å². The van der Waals surface area contributed by atoms with Crippen LogP contribution in [0.15, 0.2) is 0 Å². The maximum atomic E-state index is 6.15. The summed E-state index contributed by atoms with van der Waals surface area (Å²) in [5.41, 5.74) is 0. The Hall–Kier alpha value is -0.160. The zero-order valence-electron chi connectivity index (χ0n) is 11.6. The highest BCUT2D eigenvalue weighted by molar-refractivity contribution is 4.85. The van der Waals surface area contributed by atoms with E-state index >= 15 is 0 Å². The molecule has 1 N–H and O–H groups in total. The van der Waals surface area contributed by atoms with E-state index in [-0.39, 0.29) is 0 Å². The molecular formula is C14H27N3O. The molecule has 104 valence electrons. The topological polar surface area (TPSA) is 27.7 Å². The highest BCUT2D eigenvalue weighted by Gasteiger charge is 2.29. The van der Waals surface area contributed by atoms with Crippen molar-refractivity contribution in [2.24, 2.45) is 0 Å². The van der Waals surface area contributed by atoms with Gasteiger partial charge in [0.2, 0.25) is 0 Å². The third-order valence-electron chi connectivity index (χ3n) is 4.46. The number of rotatable bonds is 5. The third-order valence-corrected chi connectivity index (χ3v) is 4.46. The standard InChI is InChI=1S/C14H27N3O/c1-16-6-8-17(9-7-16)11-14-5-4-13(18-14)10-15-12-2-3-12/h12-15H,2-11H2,1H3. The summed E-state index contributed by atoms with van der Waals surface area (Å²) in [6.45, 7) is 7.05. The predicted octanol–water partition coefficient (Wildman–Crippen LogP) is 0.533. The molecule has 2 unspecified atom stereocenters. The van der Waals surface area contributed by atoms with Crippen molar-refractivity contribution in [1.82, 2.24) is 15.1 Å². The van der Waals surface area contributed by atoms with Crippen LogP contribution in [0.1, 0.15) is 25.7 Å². The van der Waals surface area contributed by atoms with Crippen LogP contribution >= 0.6 is 0 Å². The molecular weight excluding hydrogens is 226 g/mol. The smallest absolute Gasteiger partial charge is 0.0707 e. The van der Waals surface area contributed by atoms with Gasteiger partial charge >= 0.3 is 0 Å². The Morgan fingerprint density at radius 1 is 1.00 bits per heavy atom. The van der Waals surface area contributed by atoms with Gasteiger partial charge in [0.05, 0.1) is 12.2 Å². The molecule has 0 radical (unpaired) electrons. The Morgan fingerprint density at radius 3 is 2.44 bits per heavy atom. The molecule has 0 spiro atoms. The van der Waals surface area contributed by atoms with Gasteiger partial charge in [-0.2, -0.15) is 0 Å². The number of likely N-dealkylation sites (N-methyl/N-ethyl adjacent to an activating group) is 1. The van der Waals surface area contributed by atoms with E-state index < -0.39 is 0 Å². The summed E-state index contributed by atoms with van der Waals surface area (Å²) in [4.78, 5) is 4.98. The van der Waals surface area contributed by atoms with E-state index in [0.717, 1.165) is 19.1 Å². The van der Waals surface area contributed by atoms with Crippen molar-refractivity contribution in [3.8, 4) is 0 Å². The Morgan fingerprint density at radius 2 is 1.72 bits per heavy atom. The van der Waals surface area contributed by atoms with Gasteiger partial charge in [0.1, 0.15) is 0 Å². The van der Waals surface area contributed by atoms with E-state index in [9.17, 15) is 0 Å². The molecule has 4 nitrogen and oxygen atoms in total. The Labute approximate surface area is 111 Å². The molecule has 0 amide bonds. The molecule has 1 aliphatic carbocycles. The van der Waals surface area contributed by atoms with Gasteiger partial charge in [-0.25, -0.2) is 0 Å². The van der Waals surface area contributed by atoms with E-state index in [2.05, 4.69) is 22.2 Å². The fraction of sp³-hybridized carbons (Fsp3) is 1.00. The van der Waals surface area contributed by atoms with Crippen LogP contribution in [0.5, 0.6) is 0 Å². The number of ether oxygens (including phenoxy) is 1. The lowest BCUT2D eigenvalue weighted by molar-refractivity contribution is 0.0146. The van der Waals surface area contributed by atoms with Gasteiger partial charge in [0.15, 0.2) is 0 Å². The molecule has 1 saturated carbocycles. The molecule has 3 aliphatic rings. The molecule has 0 aromatic carbocycles. The summed E-state index contributed by atoms with van der Waals surface area (Å²) in [6.07, 6.45) is 6.21. The van der Waals surface area contributed by atoms with Crippen LogP contribution in [0.2, 0.25) is 0 Å².